The summed E-state index contributed by atoms with van der Waals surface area (Å²) >= 11 is 6.54. The number of methoxy groups -OCH3 is 1. The second kappa shape index (κ2) is 17.0. The highest BCUT2D eigenvalue weighted by molar-refractivity contribution is 6.33. The number of imide groups is 1. The van der Waals surface area contributed by atoms with Gasteiger partial charge >= 0.3 is 0 Å². The van der Waals surface area contributed by atoms with Crippen LogP contribution in [0.2, 0.25) is 5.02 Å². The predicted octanol–water partition coefficient (Wildman–Crippen LogP) is 2.72. The first kappa shape index (κ1) is 38.8. The number of benzene rings is 2. The van der Waals surface area contributed by atoms with Gasteiger partial charge in [0, 0.05) is 43.2 Å². The minimum Gasteiger partial charge on any atom is -0.496 e. The molecular weight excluding hydrogens is 736 g/mol. The fourth-order valence-electron chi connectivity index (χ4n) is 6.17. The van der Waals surface area contributed by atoms with Gasteiger partial charge in [-0.2, -0.15) is 4.98 Å². The molecule has 55 heavy (non-hydrogen) atoms. The fraction of sp³-hybridized carbons (Fsp3) is 0.378. The van der Waals surface area contributed by atoms with Crippen LogP contribution in [-0.2, 0) is 19.1 Å². The van der Waals surface area contributed by atoms with Gasteiger partial charge in [0.25, 0.3) is 17.4 Å². The van der Waals surface area contributed by atoms with Gasteiger partial charge in [-0.05, 0) is 56.7 Å². The Bertz CT molecular complexity index is 2180. The van der Waals surface area contributed by atoms with Crippen LogP contribution in [0.3, 0.4) is 0 Å². The standard InChI is InChI=1S/C37H41ClN8O9/c1-20(2)46-28-9-5-22(13-21(28)14-30(36(46)51)55-19-32(48)39-3)41-33-26(38)16-40-37(44-33)45-11-12-53-24(17-45)18-54-23-6-7-25(29(15-23)52-4)34(49)42-27-8-10-31(47)43-35(27)50/h5-7,9,13-16,20,24,27H,8,10-12,17-19H2,1-4H3,(H,39,48)(H,42,49)(H,40,41,44)(H,43,47,50)/t24-,27?/m0/s1. The lowest BCUT2D eigenvalue weighted by molar-refractivity contribution is -0.134. The van der Waals surface area contributed by atoms with Gasteiger partial charge in [-0.15, -0.1) is 0 Å². The number of likely N-dealkylation sites (N-methyl/N-ethyl adjacent to an activating group) is 1. The Morgan fingerprint density at radius 1 is 1.09 bits per heavy atom. The van der Waals surface area contributed by atoms with Crippen LogP contribution in [-0.4, -0.2) is 97.4 Å². The van der Waals surface area contributed by atoms with Gasteiger partial charge in [-0.1, -0.05) is 11.6 Å². The molecule has 18 heteroatoms. The van der Waals surface area contributed by atoms with Crippen LogP contribution in [0.25, 0.3) is 10.9 Å². The van der Waals surface area contributed by atoms with Crippen LogP contribution < -0.4 is 45.9 Å². The molecule has 0 radical (unpaired) electrons. The third-order valence-electron chi connectivity index (χ3n) is 8.97. The Balaban J connectivity index is 1.11. The van der Waals surface area contributed by atoms with Crippen LogP contribution in [0.1, 0.15) is 43.1 Å². The number of hydrogen-bond acceptors (Lipinski definition) is 13. The van der Waals surface area contributed by atoms with E-state index in [0.29, 0.717) is 58.8 Å². The maximum absolute atomic E-state index is 13.2. The molecule has 6 rings (SSSR count). The number of anilines is 3. The first-order chi connectivity index (χ1) is 26.4. The van der Waals surface area contributed by atoms with Gasteiger partial charge in [0.2, 0.25) is 17.8 Å². The molecule has 1 unspecified atom stereocenters. The van der Waals surface area contributed by atoms with Crippen molar-refractivity contribution in [2.45, 2.75) is 44.9 Å². The Morgan fingerprint density at radius 3 is 2.65 bits per heavy atom. The molecule has 0 spiro atoms. The maximum Gasteiger partial charge on any atom is 0.293 e. The van der Waals surface area contributed by atoms with Crippen molar-refractivity contribution in [1.29, 1.82) is 0 Å². The van der Waals surface area contributed by atoms with Crippen molar-refractivity contribution in [2.75, 3.05) is 57.3 Å². The molecule has 4 aromatic rings. The smallest absolute Gasteiger partial charge is 0.293 e. The highest BCUT2D eigenvalue weighted by Crippen LogP contribution is 2.30. The number of carbonyl (C=O) groups is 4. The van der Waals surface area contributed by atoms with E-state index < -0.39 is 17.9 Å². The van der Waals surface area contributed by atoms with Gasteiger partial charge in [0.1, 0.15) is 35.3 Å². The number of nitrogens with one attached hydrogen (secondary N) is 4. The average molecular weight is 777 g/mol. The molecule has 17 nitrogen and oxygen atoms in total. The van der Waals surface area contributed by atoms with E-state index >= 15 is 0 Å². The predicted molar refractivity (Wildman–Crippen MR) is 203 cm³/mol. The number of aromatic nitrogens is 3. The lowest BCUT2D eigenvalue weighted by Gasteiger charge is -2.33. The van der Waals surface area contributed by atoms with E-state index in [-0.39, 0.29) is 72.6 Å². The summed E-state index contributed by atoms with van der Waals surface area (Å²) in [5, 5.41) is 11.6. The molecule has 4 heterocycles. The number of fused-ring (bicyclic) bond motifs is 1. The summed E-state index contributed by atoms with van der Waals surface area (Å²) in [6, 6.07) is 10.8. The molecule has 0 saturated carbocycles. The van der Waals surface area contributed by atoms with Gasteiger partial charge in [0.15, 0.2) is 18.2 Å². The Morgan fingerprint density at radius 2 is 1.91 bits per heavy atom. The highest BCUT2D eigenvalue weighted by Gasteiger charge is 2.29. The van der Waals surface area contributed by atoms with E-state index in [4.69, 9.17) is 35.5 Å². The molecule has 2 aromatic carbocycles. The molecular formula is C37H41ClN8O9. The third-order valence-corrected chi connectivity index (χ3v) is 9.25. The molecule has 0 bridgehead atoms. The Kier molecular flexibility index (Phi) is 12.0. The normalized spacial score (nSPS) is 17.1. The zero-order chi connectivity index (χ0) is 39.2. The van der Waals surface area contributed by atoms with Crippen molar-refractivity contribution in [3.8, 4) is 17.2 Å². The first-order valence-electron chi connectivity index (χ1n) is 17.6. The average Bonchev–Trinajstić information content (AvgIpc) is 3.17. The van der Waals surface area contributed by atoms with Crippen molar-refractivity contribution in [2.24, 2.45) is 0 Å². The zero-order valence-corrected chi connectivity index (χ0v) is 31.4. The molecule has 2 saturated heterocycles. The Hall–Kier alpha value is -5.94. The van der Waals surface area contributed by atoms with Crippen molar-refractivity contribution >= 4 is 63.6 Å². The van der Waals surface area contributed by atoms with Gasteiger partial charge in [0.05, 0.1) is 37.5 Å². The number of halogens is 1. The minimum atomic E-state index is -0.823. The molecule has 2 fully saturated rings. The van der Waals surface area contributed by atoms with E-state index in [9.17, 15) is 24.0 Å². The number of ether oxygens (including phenoxy) is 4. The van der Waals surface area contributed by atoms with E-state index in [1.807, 2.05) is 36.9 Å². The number of piperidine rings is 1. The summed E-state index contributed by atoms with van der Waals surface area (Å²) < 4.78 is 24.6. The van der Waals surface area contributed by atoms with Gasteiger partial charge in [-0.3, -0.25) is 29.3 Å². The second-order valence-corrected chi connectivity index (χ2v) is 13.5. The SMILES string of the molecule is CNC(=O)COc1cc2cc(Nc3nc(N4CCO[C@H](COc5ccc(C(=O)NC6CCC(=O)NC6=O)c(OC)c5)C4)ncc3Cl)ccc2n(C(C)C)c1=O. The number of rotatable bonds is 13. The largest absolute Gasteiger partial charge is 0.496 e. The summed E-state index contributed by atoms with van der Waals surface area (Å²) in [6.07, 6.45) is 1.51. The first-order valence-corrected chi connectivity index (χ1v) is 18.0. The number of hydrogen-bond donors (Lipinski definition) is 4. The van der Waals surface area contributed by atoms with E-state index in [2.05, 4.69) is 26.3 Å². The van der Waals surface area contributed by atoms with Crippen molar-refractivity contribution in [3.63, 3.8) is 0 Å². The molecule has 4 amide bonds. The molecule has 0 aliphatic carbocycles. The van der Waals surface area contributed by atoms with Crippen molar-refractivity contribution < 1.29 is 38.1 Å². The fourth-order valence-corrected chi connectivity index (χ4v) is 6.31. The maximum atomic E-state index is 13.2. The van der Waals surface area contributed by atoms with Crippen molar-refractivity contribution in [3.05, 3.63) is 69.6 Å². The number of pyridine rings is 1. The van der Waals surface area contributed by atoms with Gasteiger partial charge < -0.3 is 44.4 Å². The summed E-state index contributed by atoms with van der Waals surface area (Å²) in [5.41, 5.74) is 1.21. The van der Waals surface area contributed by atoms with E-state index in [1.54, 1.807) is 28.8 Å². The van der Waals surface area contributed by atoms with E-state index in [1.165, 1.54) is 20.4 Å². The summed E-state index contributed by atoms with van der Waals surface area (Å²) in [7, 11) is 2.92. The molecule has 2 aromatic heterocycles. The number of morpholine rings is 1. The summed E-state index contributed by atoms with van der Waals surface area (Å²) in [4.78, 5) is 72.6. The van der Waals surface area contributed by atoms with Crippen LogP contribution in [0.4, 0.5) is 17.5 Å². The number of carbonyl (C=O) groups excluding carboxylic acids is 4. The highest BCUT2D eigenvalue weighted by atomic mass is 35.5. The molecule has 2 aliphatic heterocycles. The molecule has 4 N–H and O–H groups in total. The van der Waals surface area contributed by atoms with Crippen LogP contribution in [0.5, 0.6) is 17.2 Å². The lowest BCUT2D eigenvalue weighted by atomic mass is 10.1. The monoisotopic (exact) mass is 776 g/mol. The zero-order valence-electron chi connectivity index (χ0n) is 30.6. The number of nitrogens with zero attached hydrogens (tertiary/aromatic N) is 4. The van der Waals surface area contributed by atoms with Crippen LogP contribution in [0.15, 0.2) is 53.5 Å². The molecule has 2 aliphatic rings. The van der Waals surface area contributed by atoms with Crippen LogP contribution >= 0.6 is 11.6 Å². The summed E-state index contributed by atoms with van der Waals surface area (Å²) in [5.74, 6) is -0.257. The third kappa shape index (κ3) is 9.06. The van der Waals surface area contributed by atoms with E-state index in [0.717, 1.165) is 0 Å². The van der Waals surface area contributed by atoms with Gasteiger partial charge in [-0.25, -0.2) is 4.98 Å². The summed E-state index contributed by atoms with van der Waals surface area (Å²) in [6.45, 7) is 4.98. The molecule has 290 valence electrons. The lowest BCUT2D eigenvalue weighted by Crippen LogP contribution is -2.52. The minimum absolute atomic E-state index is 0.0562. The number of amides is 4. The van der Waals surface area contributed by atoms with Crippen LogP contribution in [0, 0.1) is 0 Å². The quantitative estimate of drug-likeness (QED) is 0.145. The van der Waals surface area contributed by atoms with Crippen molar-refractivity contribution in [1.82, 2.24) is 30.5 Å². The molecule has 2 atom stereocenters. The Labute approximate surface area is 320 Å². The topological polar surface area (TPSA) is 204 Å². The second-order valence-electron chi connectivity index (χ2n) is 13.1.